The number of halogens is 2. The first kappa shape index (κ1) is 26.6. The van der Waals surface area contributed by atoms with Crippen molar-refractivity contribution in [2.24, 2.45) is 0 Å². The summed E-state index contributed by atoms with van der Waals surface area (Å²) in [5.74, 6) is -0.623. The van der Waals surface area contributed by atoms with Crippen LogP contribution in [0.2, 0.25) is 4.34 Å². The molecule has 4 rings (SSSR count). The molecule has 0 atom stereocenters. The lowest BCUT2D eigenvalue weighted by Gasteiger charge is -2.19. The Kier molecular flexibility index (Phi) is 7.31. The molecule has 2 heterocycles. The molecular weight excluding hydrogens is 539 g/mol. The quantitative estimate of drug-likeness (QED) is 0.274. The van der Waals surface area contributed by atoms with Crippen molar-refractivity contribution in [3.05, 3.63) is 80.3 Å². The number of aromatic nitrogens is 1. The van der Waals surface area contributed by atoms with Crippen LogP contribution in [0.4, 0.5) is 20.6 Å². The molecule has 0 unspecified atom stereocenters. The molecule has 0 radical (unpaired) electrons. The summed E-state index contributed by atoms with van der Waals surface area (Å²) in [6, 6.07) is 9.76. The molecule has 2 amide bonds. The summed E-state index contributed by atoms with van der Waals surface area (Å²) in [5.41, 5.74) is 2.14. The fraction of sp³-hybridized carbons (Fsp3) is 0.200. The molecule has 2 aromatic carbocycles. The molecule has 12 heteroatoms. The number of urea groups is 1. The Bertz CT molecular complexity index is 1700. The van der Waals surface area contributed by atoms with Gasteiger partial charge >= 0.3 is 6.03 Å². The number of amides is 2. The number of hydrogen-bond acceptors (Lipinski definition) is 6. The van der Waals surface area contributed by atoms with Gasteiger partial charge in [-0.3, -0.25) is 9.36 Å². The summed E-state index contributed by atoms with van der Waals surface area (Å²) in [7, 11) is -2.50. The Labute approximate surface area is 222 Å². The van der Waals surface area contributed by atoms with Gasteiger partial charge in [0.2, 0.25) is 0 Å². The maximum atomic E-state index is 14.4. The minimum atomic E-state index is -4.10. The molecule has 3 N–H and O–H groups in total. The topological polar surface area (TPSA) is 109 Å². The summed E-state index contributed by atoms with van der Waals surface area (Å²) < 4.78 is 43.0. The van der Waals surface area contributed by atoms with Gasteiger partial charge < -0.3 is 10.6 Å². The van der Waals surface area contributed by atoms with Crippen LogP contribution in [-0.2, 0) is 10.0 Å². The zero-order valence-electron chi connectivity index (χ0n) is 20.3. The number of hydrogen-bond donors (Lipinski definition) is 3. The standard InChI is InChI=1S/C25H24ClFN4O4S2/c1-13(2)17-11-16(31-8-7-15-10-20(28-4)19(27)12-18(15)24(31)32)9-14(3)23(17)29-25(33)30-37(34,35)22-6-5-21(26)36-22/h5-13,28H,1-4H3,(H2,29,30,33). The van der Waals surface area contributed by atoms with E-state index in [1.165, 1.54) is 22.8 Å². The normalized spacial score (nSPS) is 11.6. The Morgan fingerprint density at radius 3 is 2.49 bits per heavy atom. The van der Waals surface area contributed by atoms with Gasteiger partial charge in [-0.25, -0.2) is 22.3 Å². The van der Waals surface area contributed by atoms with Crippen molar-refractivity contribution in [3.63, 3.8) is 0 Å². The lowest BCUT2D eigenvalue weighted by Crippen LogP contribution is -2.34. The second kappa shape index (κ2) is 10.2. The molecule has 2 aromatic heterocycles. The molecule has 0 aliphatic heterocycles. The number of benzene rings is 2. The van der Waals surface area contributed by atoms with Gasteiger partial charge in [0.25, 0.3) is 15.6 Å². The van der Waals surface area contributed by atoms with Gasteiger partial charge in [-0.15, -0.1) is 11.3 Å². The predicted octanol–water partition coefficient (Wildman–Crippen LogP) is 5.83. The number of nitrogens with one attached hydrogen (secondary N) is 3. The van der Waals surface area contributed by atoms with Crippen LogP contribution in [0, 0.1) is 12.7 Å². The second-order valence-electron chi connectivity index (χ2n) is 8.66. The lowest BCUT2D eigenvalue weighted by molar-refractivity contribution is 0.256. The van der Waals surface area contributed by atoms with E-state index in [0.717, 1.165) is 11.3 Å². The highest BCUT2D eigenvalue weighted by atomic mass is 35.5. The molecule has 4 aromatic rings. The number of carbonyl (C=O) groups excluding carboxylic acids is 1. The molecule has 0 aliphatic carbocycles. The first-order valence-electron chi connectivity index (χ1n) is 11.2. The van der Waals surface area contributed by atoms with Crippen molar-refractivity contribution in [2.75, 3.05) is 17.7 Å². The minimum absolute atomic E-state index is 0.0854. The zero-order valence-corrected chi connectivity index (χ0v) is 22.7. The average molecular weight is 563 g/mol. The van der Waals surface area contributed by atoms with E-state index in [2.05, 4.69) is 10.6 Å². The van der Waals surface area contributed by atoms with E-state index < -0.39 is 27.4 Å². The number of rotatable bonds is 6. The van der Waals surface area contributed by atoms with Crippen LogP contribution >= 0.6 is 22.9 Å². The Morgan fingerprint density at radius 2 is 1.86 bits per heavy atom. The third-order valence-electron chi connectivity index (χ3n) is 5.79. The molecule has 0 bridgehead atoms. The highest BCUT2D eigenvalue weighted by Crippen LogP contribution is 2.31. The van der Waals surface area contributed by atoms with Crippen molar-refractivity contribution in [3.8, 4) is 5.69 Å². The fourth-order valence-electron chi connectivity index (χ4n) is 3.97. The highest BCUT2D eigenvalue weighted by Gasteiger charge is 2.22. The van der Waals surface area contributed by atoms with Crippen LogP contribution in [-0.4, -0.2) is 26.1 Å². The molecular formula is C25H24ClFN4O4S2. The van der Waals surface area contributed by atoms with Crippen molar-refractivity contribution >= 4 is 61.1 Å². The molecule has 0 saturated heterocycles. The van der Waals surface area contributed by atoms with Gasteiger partial charge in [0.1, 0.15) is 10.0 Å². The van der Waals surface area contributed by atoms with Crippen LogP contribution in [0.25, 0.3) is 16.5 Å². The average Bonchev–Trinajstić information content (AvgIpc) is 3.27. The van der Waals surface area contributed by atoms with Crippen molar-refractivity contribution in [2.45, 2.75) is 30.9 Å². The van der Waals surface area contributed by atoms with Gasteiger partial charge in [0.05, 0.1) is 15.4 Å². The SMILES string of the molecule is CNc1cc2ccn(-c3cc(C)c(NC(=O)NS(=O)(=O)c4ccc(Cl)s4)c(C(C)C)c3)c(=O)c2cc1F. The van der Waals surface area contributed by atoms with Crippen LogP contribution in [0.15, 0.2) is 57.7 Å². The Hall–Kier alpha value is -3.41. The molecule has 37 heavy (non-hydrogen) atoms. The minimum Gasteiger partial charge on any atom is -0.386 e. The Balaban J connectivity index is 1.71. The first-order valence-corrected chi connectivity index (χ1v) is 13.9. The van der Waals surface area contributed by atoms with Gasteiger partial charge in [-0.1, -0.05) is 25.4 Å². The van der Waals surface area contributed by atoms with E-state index in [0.29, 0.717) is 33.6 Å². The summed E-state index contributed by atoms with van der Waals surface area (Å²) in [6.45, 7) is 5.55. The highest BCUT2D eigenvalue weighted by molar-refractivity contribution is 7.92. The number of nitrogens with zero attached hydrogens (tertiary/aromatic N) is 1. The number of anilines is 2. The molecule has 194 valence electrons. The number of thiophene rings is 1. The third kappa shape index (κ3) is 5.34. The first-order chi connectivity index (χ1) is 17.4. The van der Waals surface area contributed by atoms with E-state index in [1.54, 1.807) is 44.4 Å². The summed E-state index contributed by atoms with van der Waals surface area (Å²) in [4.78, 5) is 25.9. The summed E-state index contributed by atoms with van der Waals surface area (Å²) >= 11 is 6.65. The smallest absolute Gasteiger partial charge is 0.333 e. The fourth-order valence-corrected chi connectivity index (χ4v) is 6.36. The van der Waals surface area contributed by atoms with E-state index in [-0.39, 0.29) is 19.8 Å². The van der Waals surface area contributed by atoms with Gasteiger partial charge in [-0.05, 0) is 71.8 Å². The number of sulfonamides is 1. The Morgan fingerprint density at radius 1 is 1.14 bits per heavy atom. The number of aryl methyl sites for hydroxylation is 1. The van der Waals surface area contributed by atoms with Crippen molar-refractivity contribution in [1.82, 2.24) is 9.29 Å². The monoisotopic (exact) mass is 562 g/mol. The molecule has 8 nitrogen and oxygen atoms in total. The summed E-state index contributed by atoms with van der Waals surface area (Å²) in [5, 5.41) is 6.21. The second-order valence-corrected chi connectivity index (χ2v) is 12.3. The number of fused-ring (bicyclic) bond motifs is 1. The van der Waals surface area contributed by atoms with Crippen LogP contribution in [0.3, 0.4) is 0 Å². The van der Waals surface area contributed by atoms with Gasteiger partial charge in [0, 0.05) is 24.6 Å². The van der Waals surface area contributed by atoms with E-state index in [9.17, 15) is 22.4 Å². The zero-order chi connectivity index (χ0) is 27.1. The van der Waals surface area contributed by atoms with Crippen LogP contribution < -0.4 is 20.9 Å². The molecule has 0 saturated carbocycles. The number of pyridine rings is 1. The molecule has 0 spiro atoms. The van der Waals surface area contributed by atoms with Gasteiger partial charge in [0.15, 0.2) is 0 Å². The molecule has 0 fully saturated rings. The third-order valence-corrected chi connectivity index (χ3v) is 8.84. The van der Waals surface area contributed by atoms with Gasteiger partial charge in [-0.2, -0.15) is 0 Å². The van der Waals surface area contributed by atoms with Crippen molar-refractivity contribution in [1.29, 1.82) is 0 Å². The van der Waals surface area contributed by atoms with E-state index >= 15 is 0 Å². The lowest BCUT2D eigenvalue weighted by atomic mass is 9.97. The number of carbonyl (C=O) groups is 1. The van der Waals surface area contributed by atoms with Crippen LogP contribution in [0.1, 0.15) is 30.9 Å². The van der Waals surface area contributed by atoms with E-state index in [4.69, 9.17) is 11.6 Å². The molecule has 0 aliphatic rings. The van der Waals surface area contributed by atoms with Crippen molar-refractivity contribution < 1.29 is 17.6 Å². The maximum Gasteiger partial charge on any atom is 0.333 e. The van der Waals surface area contributed by atoms with Crippen LogP contribution in [0.5, 0.6) is 0 Å². The summed E-state index contributed by atoms with van der Waals surface area (Å²) in [6.07, 6.45) is 1.61. The van der Waals surface area contributed by atoms with E-state index in [1.807, 2.05) is 18.6 Å². The largest absolute Gasteiger partial charge is 0.386 e. The predicted molar refractivity (Wildman–Crippen MR) is 147 cm³/mol. The maximum absolute atomic E-state index is 14.4.